The number of hydrogen-bond donors (Lipinski definition) is 1. The third kappa shape index (κ3) is 2.26. The highest BCUT2D eigenvalue weighted by molar-refractivity contribution is 9.10. The van der Waals surface area contributed by atoms with Gasteiger partial charge >= 0.3 is 5.97 Å². The number of carbonyl (C=O) groups is 1. The number of fused-ring (bicyclic) bond motifs is 1. The van der Waals surface area contributed by atoms with Crippen LogP contribution in [-0.2, 0) is 4.74 Å². The monoisotopic (exact) mass is 324 g/mol. The van der Waals surface area contributed by atoms with Crippen LogP contribution in [0.3, 0.4) is 0 Å². The van der Waals surface area contributed by atoms with Gasteiger partial charge in [0, 0.05) is 12.0 Å². The van der Waals surface area contributed by atoms with Crippen LogP contribution in [-0.4, -0.2) is 27.5 Å². The van der Waals surface area contributed by atoms with E-state index >= 15 is 0 Å². The molecule has 1 saturated heterocycles. The Morgan fingerprint density at radius 2 is 2.32 bits per heavy atom. The lowest BCUT2D eigenvalue weighted by atomic mass is 10.1. The van der Waals surface area contributed by atoms with Crippen molar-refractivity contribution in [3.63, 3.8) is 0 Å². The zero-order chi connectivity index (χ0) is 13.4. The first-order valence-corrected chi connectivity index (χ1v) is 6.99. The molecular weight excluding hydrogens is 312 g/mol. The minimum Gasteiger partial charge on any atom is -0.478 e. The van der Waals surface area contributed by atoms with Gasteiger partial charge in [0.05, 0.1) is 11.1 Å². The number of rotatable bonds is 2. The molecule has 1 N–H and O–H groups in total. The van der Waals surface area contributed by atoms with E-state index in [2.05, 4.69) is 21.0 Å². The molecule has 1 unspecified atom stereocenters. The molecule has 1 atom stereocenters. The third-order valence-corrected chi connectivity index (χ3v) is 3.92. The lowest BCUT2D eigenvalue weighted by molar-refractivity contribution is -0.0368. The van der Waals surface area contributed by atoms with Crippen LogP contribution in [0.1, 0.15) is 35.8 Å². The van der Waals surface area contributed by atoms with Gasteiger partial charge in [-0.2, -0.15) is 5.10 Å². The molecule has 1 aliphatic heterocycles. The first kappa shape index (κ1) is 12.6. The second-order valence-corrected chi connectivity index (χ2v) is 5.34. The van der Waals surface area contributed by atoms with Crippen molar-refractivity contribution in [1.29, 1.82) is 0 Å². The molecule has 19 heavy (non-hydrogen) atoms. The summed E-state index contributed by atoms with van der Waals surface area (Å²) >= 11 is 3.39. The van der Waals surface area contributed by atoms with Crippen molar-refractivity contribution in [2.45, 2.75) is 25.5 Å². The Kier molecular flexibility index (Phi) is 3.28. The predicted molar refractivity (Wildman–Crippen MR) is 73.2 cm³/mol. The van der Waals surface area contributed by atoms with Crippen molar-refractivity contribution >= 4 is 32.8 Å². The highest BCUT2D eigenvalue weighted by atomic mass is 79.9. The average Bonchev–Trinajstić information content (AvgIpc) is 2.77. The standard InChI is InChI=1S/C13H13BrN2O3/c14-12-9-7-8(13(17)18)4-5-10(9)16(15-12)11-3-1-2-6-19-11/h4-5,7,11H,1-3,6H2,(H,17,18). The average molecular weight is 325 g/mol. The SMILES string of the molecule is O=C(O)c1ccc2c(c1)c(Br)nn2C1CCCCO1. The Hall–Kier alpha value is -1.40. The molecule has 0 bridgehead atoms. The van der Waals surface area contributed by atoms with Gasteiger partial charge in [-0.1, -0.05) is 0 Å². The fourth-order valence-corrected chi connectivity index (χ4v) is 2.86. The Morgan fingerprint density at radius 1 is 1.47 bits per heavy atom. The first-order chi connectivity index (χ1) is 9.16. The predicted octanol–water partition coefficient (Wildman–Crippen LogP) is 3.20. The highest BCUT2D eigenvalue weighted by Crippen LogP contribution is 2.30. The fourth-order valence-electron chi connectivity index (χ4n) is 2.37. The molecule has 0 aliphatic carbocycles. The second kappa shape index (κ2) is 4.94. The zero-order valence-electron chi connectivity index (χ0n) is 10.2. The van der Waals surface area contributed by atoms with E-state index in [1.54, 1.807) is 18.2 Å². The van der Waals surface area contributed by atoms with Gasteiger partial charge in [0.2, 0.25) is 0 Å². The summed E-state index contributed by atoms with van der Waals surface area (Å²) in [7, 11) is 0. The van der Waals surface area contributed by atoms with Crippen molar-refractivity contribution < 1.29 is 14.6 Å². The Bertz CT molecular complexity index is 632. The van der Waals surface area contributed by atoms with Crippen LogP contribution in [0.2, 0.25) is 0 Å². The molecular formula is C13H13BrN2O3. The summed E-state index contributed by atoms with van der Waals surface area (Å²) in [5.41, 5.74) is 1.15. The number of benzene rings is 1. The van der Waals surface area contributed by atoms with E-state index in [4.69, 9.17) is 9.84 Å². The summed E-state index contributed by atoms with van der Waals surface area (Å²) < 4.78 is 8.22. The summed E-state index contributed by atoms with van der Waals surface area (Å²) in [6, 6.07) is 5.01. The molecule has 2 aromatic rings. The Labute approximate surface area is 118 Å². The van der Waals surface area contributed by atoms with E-state index in [9.17, 15) is 4.79 Å². The van der Waals surface area contributed by atoms with Gasteiger partial charge < -0.3 is 9.84 Å². The van der Waals surface area contributed by atoms with E-state index in [-0.39, 0.29) is 11.8 Å². The fraction of sp³-hybridized carbons (Fsp3) is 0.385. The number of carboxylic acid groups (broad SMARTS) is 1. The summed E-state index contributed by atoms with van der Waals surface area (Å²) in [6.07, 6.45) is 3.08. The van der Waals surface area contributed by atoms with Crippen molar-refractivity contribution in [3.05, 3.63) is 28.4 Å². The maximum atomic E-state index is 11.0. The number of hydrogen-bond acceptors (Lipinski definition) is 3. The summed E-state index contributed by atoms with van der Waals surface area (Å²) in [5.74, 6) is -0.935. The molecule has 0 saturated carbocycles. The second-order valence-electron chi connectivity index (χ2n) is 4.59. The first-order valence-electron chi connectivity index (χ1n) is 6.19. The van der Waals surface area contributed by atoms with Crippen LogP contribution >= 0.6 is 15.9 Å². The number of aromatic nitrogens is 2. The molecule has 1 aromatic heterocycles. The summed E-state index contributed by atoms with van der Waals surface area (Å²) in [5, 5.41) is 14.3. The quantitative estimate of drug-likeness (QED) is 0.921. The number of halogens is 1. The topological polar surface area (TPSA) is 64.3 Å². The van der Waals surface area contributed by atoms with E-state index in [1.807, 2.05) is 4.68 Å². The third-order valence-electron chi connectivity index (χ3n) is 3.34. The number of aromatic carboxylic acids is 1. The normalized spacial score (nSPS) is 19.7. The van der Waals surface area contributed by atoms with Gasteiger partial charge in [0.15, 0.2) is 6.23 Å². The molecule has 0 amide bonds. The number of carboxylic acids is 1. The zero-order valence-corrected chi connectivity index (χ0v) is 11.8. The molecule has 0 spiro atoms. The van der Waals surface area contributed by atoms with Crippen molar-refractivity contribution in [2.24, 2.45) is 0 Å². The maximum absolute atomic E-state index is 11.0. The molecule has 100 valence electrons. The maximum Gasteiger partial charge on any atom is 0.335 e. The van der Waals surface area contributed by atoms with Crippen molar-refractivity contribution in [3.8, 4) is 0 Å². The van der Waals surface area contributed by atoms with Crippen molar-refractivity contribution in [1.82, 2.24) is 9.78 Å². The van der Waals surface area contributed by atoms with E-state index in [1.165, 1.54) is 0 Å². The van der Waals surface area contributed by atoms with Crippen LogP contribution in [0.25, 0.3) is 10.9 Å². The molecule has 1 aromatic carbocycles. The Morgan fingerprint density at radius 3 is 3.00 bits per heavy atom. The molecule has 2 heterocycles. The molecule has 0 radical (unpaired) electrons. The largest absolute Gasteiger partial charge is 0.478 e. The van der Waals surface area contributed by atoms with E-state index in [0.29, 0.717) is 4.60 Å². The van der Waals surface area contributed by atoms with E-state index in [0.717, 1.165) is 36.8 Å². The number of nitrogens with zero attached hydrogens (tertiary/aromatic N) is 2. The van der Waals surface area contributed by atoms with Crippen LogP contribution in [0, 0.1) is 0 Å². The van der Waals surface area contributed by atoms with Crippen LogP contribution in [0.15, 0.2) is 22.8 Å². The van der Waals surface area contributed by atoms with Crippen LogP contribution in [0.4, 0.5) is 0 Å². The van der Waals surface area contributed by atoms with Gasteiger partial charge in [0.1, 0.15) is 4.60 Å². The van der Waals surface area contributed by atoms with E-state index < -0.39 is 5.97 Å². The Balaban J connectivity index is 2.08. The van der Waals surface area contributed by atoms with Crippen LogP contribution < -0.4 is 0 Å². The minimum atomic E-state index is -0.935. The highest BCUT2D eigenvalue weighted by Gasteiger charge is 2.20. The van der Waals surface area contributed by atoms with Gasteiger partial charge in [-0.25, -0.2) is 9.48 Å². The lowest BCUT2D eigenvalue weighted by Crippen LogP contribution is -2.19. The minimum absolute atomic E-state index is 0.0572. The lowest BCUT2D eigenvalue weighted by Gasteiger charge is -2.23. The number of ether oxygens (including phenoxy) is 1. The molecule has 3 rings (SSSR count). The molecule has 1 aliphatic rings. The van der Waals surface area contributed by atoms with Gasteiger partial charge in [-0.3, -0.25) is 0 Å². The molecule has 6 heteroatoms. The van der Waals surface area contributed by atoms with Gasteiger partial charge in [-0.05, 0) is 53.4 Å². The van der Waals surface area contributed by atoms with Crippen LogP contribution in [0.5, 0.6) is 0 Å². The van der Waals surface area contributed by atoms with Crippen molar-refractivity contribution in [2.75, 3.05) is 6.61 Å². The van der Waals surface area contributed by atoms with Gasteiger partial charge in [-0.15, -0.1) is 0 Å². The summed E-state index contributed by atoms with van der Waals surface area (Å²) in [4.78, 5) is 11.0. The summed E-state index contributed by atoms with van der Waals surface area (Å²) in [6.45, 7) is 0.747. The van der Waals surface area contributed by atoms with Gasteiger partial charge in [0.25, 0.3) is 0 Å². The molecule has 1 fully saturated rings. The molecule has 5 nitrogen and oxygen atoms in total. The smallest absolute Gasteiger partial charge is 0.335 e.